The number of amides is 3. The molecule has 3 amide bonds. The highest BCUT2D eigenvalue weighted by Crippen LogP contribution is 2.40. The third-order valence-electron chi connectivity index (χ3n) is 16.1. The van der Waals surface area contributed by atoms with Crippen LogP contribution in [0.15, 0.2) is 97.1 Å². The predicted octanol–water partition coefficient (Wildman–Crippen LogP) is 9.73. The van der Waals surface area contributed by atoms with E-state index >= 15 is 9.59 Å². The Morgan fingerprint density at radius 3 is 2.22 bits per heavy atom. The van der Waals surface area contributed by atoms with E-state index < -0.39 is 12.5 Å². The van der Waals surface area contributed by atoms with Crippen molar-refractivity contribution in [3.8, 4) is 28.8 Å². The number of ether oxygens (including phenoxy) is 2. The molecule has 0 spiro atoms. The van der Waals surface area contributed by atoms with Crippen LogP contribution in [0.1, 0.15) is 105 Å². The van der Waals surface area contributed by atoms with Crippen molar-refractivity contribution in [3.63, 3.8) is 0 Å². The van der Waals surface area contributed by atoms with Gasteiger partial charge in [-0.3, -0.25) is 28.8 Å². The van der Waals surface area contributed by atoms with Crippen LogP contribution >= 0.6 is 0 Å². The topological polar surface area (TPSA) is 140 Å². The minimum atomic E-state index is -3.04. The predicted molar refractivity (Wildman–Crippen MR) is 291 cm³/mol. The Kier molecular flexibility index (Phi) is 15.7. The van der Waals surface area contributed by atoms with Crippen LogP contribution in [0.5, 0.6) is 11.5 Å². The number of nitrogens with zero attached hydrogens (tertiary/aromatic N) is 8. The summed E-state index contributed by atoms with van der Waals surface area (Å²) in [6.07, 6.45) is 5.25. The lowest BCUT2D eigenvalue weighted by Crippen LogP contribution is -2.51. The summed E-state index contributed by atoms with van der Waals surface area (Å²) >= 11 is 0. The van der Waals surface area contributed by atoms with E-state index in [1.54, 1.807) is 13.0 Å². The lowest BCUT2D eigenvalue weighted by atomic mass is 9.89. The molecule has 2 aromatic heterocycles. The van der Waals surface area contributed by atoms with Crippen LogP contribution in [0.4, 0.5) is 20.2 Å². The van der Waals surface area contributed by atoms with Crippen molar-refractivity contribution in [1.82, 2.24) is 28.7 Å². The Morgan fingerprint density at radius 1 is 0.818 bits per heavy atom. The van der Waals surface area contributed by atoms with Gasteiger partial charge in [-0.1, -0.05) is 42.8 Å². The molecule has 77 heavy (non-hydrogen) atoms. The van der Waals surface area contributed by atoms with Gasteiger partial charge in [-0.05, 0) is 155 Å². The number of benzene rings is 4. The molecule has 1 N–H and O–H groups in total. The van der Waals surface area contributed by atoms with Crippen molar-refractivity contribution in [1.29, 1.82) is 5.26 Å². The number of phenols is 1. The molecule has 2 saturated heterocycles. The maximum atomic E-state index is 15.8. The zero-order valence-corrected chi connectivity index (χ0v) is 44.7. The minimum absolute atomic E-state index is 0.00629. The number of morpholine rings is 1. The third-order valence-corrected chi connectivity index (χ3v) is 16.1. The van der Waals surface area contributed by atoms with Crippen molar-refractivity contribution in [3.05, 3.63) is 153 Å². The first-order valence-electron chi connectivity index (χ1n) is 27.0. The molecule has 4 aliphatic heterocycles. The number of nitriles is 1. The second-order valence-corrected chi connectivity index (χ2v) is 21.3. The van der Waals surface area contributed by atoms with Crippen LogP contribution in [-0.2, 0) is 48.9 Å². The van der Waals surface area contributed by atoms with Crippen LogP contribution in [0.25, 0.3) is 11.3 Å². The number of anilines is 2. The number of piperidine rings is 1. The van der Waals surface area contributed by atoms with Gasteiger partial charge in [0.05, 0.1) is 29.9 Å². The molecule has 0 bridgehead atoms. The highest BCUT2D eigenvalue weighted by Gasteiger charge is 2.36. The number of halogens is 2. The average Bonchev–Trinajstić information content (AvgIpc) is 3.94. The number of aromatic hydroxyl groups is 1. The molecule has 0 radical (unpaired) electrons. The first-order valence-corrected chi connectivity index (χ1v) is 27.0. The molecular formula is C61H68F2N8O6. The second-order valence-electron chi connectivity index (χ2n) is 21.3. The Labute approximate surface area is 449 Å². The quantitative estimate of drug-likeness (QED) is 0.113. The van der Waals surface area contributed by atoms with E-state index in [1.165, 1.54) is 54.1 Å². The number of alkyl halides is 2. The molecule has 16 heteroatoms. The van der Waals surface area contributed by atoms with Gasteiger partial charge in [-0.2, -0.15) is 14.0 Å². The smallest absolute Gasteiger partial charge is 0.319 e. The number of carbonyl (C=O) groups is 3. The molecule has 6 heterocycles. The number of hydrogen-bond donors (Lipinski definition) is 1. The molecule has 4 aromatic carbocycles. The summed E-state index contributed by atoms with van der Waals surface area (Å²) in [6.45, 7) is 11.4. The highest BCUT2D eigenvalue weighted by atomic mass is 19.3. The molecule has 6 aromatic rings. The summed E-state index contributed by atoms with van der Waals surface area (Å²) in [5, 5.41) is 20.2. The van der Waals surface area contributed by atoms with E-state index in [9.17, 15) is 23.9 Å². The standard InChI is InChI=1S/C61H68F2N8O6/c1-39-34-67(35-40(2)77-39)25-26-76-52-19-13-43(14-20-52)27-58(73)68-24-21-45-29-54(55(30-47(45)36-68)59(74)69-37-46-12-8-7-11-44(46)28-50(69)38-66-22-9-6-10-23-66)57-32-53(41(3)65(57)5)60(75)71(48-15-17-51(72)18-16-48)56-31-49(33-64)70(42(56)4)61(62)63/h7-8,11-20,29-32,39-40,50,61,72H,6,9-10,21-28,34-38H2,1-5H3/t39?,40?,50-/m0/s1. The first kappa shape index (κ1) is 53.1. The van der Waals surface area contributed by atoms with Gasteiger partial charge in [0.25, 0.3) is 11.8 Å². The zero-order valence-electron chi connectivity index (χ0n) is 44.7. The Morgan fingerprint density at radius 2 is 1.53 bits per heavy atom. The molecule has 0 aliphatic carbocycles. The van der Waals surface area contributed by atoms with Gasteiger partial charge in [-0.15, -0.1) is 0 Å². The summed E-state index contributed by atoms with van der Waals surface area (Å²) in [7, 11) is 1.84. The van der Waals surface area contributed by atoms with Crippen LogP contribution in [-0.4, -0.2) is 122 Å². The maximum absolute atomic E-state index is 15.8. The molecule has 0 saturated carbocycles. The lowest BCUT2D eigenvalue weighted by molar-refractivity contribution is -0.131. The van der Waals surface area contributed by atoms with E-state index in [0.717, 1.165) is 80.1 Å². The molecule has 4 aliphatic rings. The first-order chi connectivity index (χ1) is 37.1. The van der Waals surface area contributed by atoms with Crippen LogP contribution in [0, 0.1) is 25.2 Å². The largest absolute Gasteiger partial charge is 0.508 e. The number of carbonyl (C=O) groups excluding carboxylic acids is 3. The van der Waals surface area contributed by atoms with Crippen molar-refractivity contribution >= 4 is 29.1 Å². The Bertz CT molecular complexity index is 3180. The fraction of sp³-hybridized carbons (Fsp3) is 0.410. The number of fused-ring (bicyclic) bond motifs is 2. The molecule has 3 atom stereocenters. The number of rotatable bonds is 14. The summed E-state index contributed by atoms with van der Waals surface area (Å²) in [5.74, 6) is -0.0312. The number of aromatic nitrogens is 2. The van der Waals surface area contributed by atoms with Crippen LogP contribution in [0.2, 0.25) is 0 Å². The number of likely N-dealkylation sites (tertiary alicyclic amines) is 1. The lowest BCUT2D eigenvalue weighted by Gasteiger charge is -2.41. The second kappa shape index (κ2) is 22.7. The van der Waals surface area contributed by atoms with Crippen LogP contribution < -0.4 is 9.64 Å². The molecule has 14 nitrogen and oxygen atoms in total. The van der Waals surface area contributed by atoms with E-state index in [-0.39, 0.29) is 70.6 Å². The highest BCUT2D eigenvalue weighted by molar-refractivity contribution is 6.13. The van der Waals surface area contributed by atoms with Gasteiger partial charge < -0.3 is 33.8 Å². The number of hydrogen-bond acceptors (Lipinski definition) is 9. The summed E-state index contributed by atoms with van der Waals surface area (Å²) in [5.41, 5.74) is 7.62. The fourth-order valence-electron chi connectivity index (χ4n) is 12.0. The van der Waals surface area contributed by atoms with Gasteiger partial charge in [-0.25, -0.2) is 0 Å². The summed E-state index contributed by atoms with van der Waals surface area (Å²) in [4.78, 5) is 55.2. The molecule has 2 unspecified atom stereocenters. The maximum Gasteiger partial charge on any atom is 0.319 e. The van der Waals surface area contributed by atoms with Crippen molar-refractivity contribution in [2.45, 2.75) is 104 Å². The van der Waals surface area contributed by atoms with Crippen molar-refractivity contribution < 1.29 is 37.7 Å². The molecular weight excluding hydrogens is 979 g/mol. The van der Waals surface area contributed by atoms with Gasteiger partial charge in [0.15, 0.2) is 0 Å². The fourth-order valence-corrected chi connectivity index (χ4v) is 12.0. The Balaban J connectivity index is 0.979. The molecule has 402 valence electrons. The van der Waals surface area contributed by atoms with E-state index in [4.69, 9.17) is 9.47 Å². The van der Waals surface area contributed by atoms with Gasteiger partial charge in [0, 0.05) is 92.8 Å². The van der Waals surface area contributed by atoms with Crippen molar-refractivity contribution in [2.24, 2.45) is 7.05 Å². The monoisotopic (exact) mass is 1050 g/mol. The molecule has 10 rings (SSSR count). The Hall–Kier alpha value is -7.32. The van der Waals surface area contributed by atoms with Gasteiger partial charge in [0.2, 0.25) is 5.91 Å². The number of phenolic OH excluding ortho intramolecular Hbond substituents is 1. The third kappa shape index (κ3) is 11.3. The van der Waals surface area contributed by atoms with E-state index in [2.05, 4.69) is 41.8 Å². The molecule has 2 fully saturated rings. The summed E-state index contributed by atoms with van der Waals surface area (Å²) < 4.78 is 43.4. The van der Waals surface area contributed by atoms with Gasteiger partial charge >= 0.3 is 6.55 Å². The average molecular weight is 1050 g/mol. The van der Waals surface area contributed by atoms with Gasteiger partial charge in [0.1, 0.15) is 29.9 Å². The SMILES string of the molecule is Cc1c(C(=O)N(c2ccc(O)cc2)c2cc(C#N)n(C(F)F)c2C)cc(-c2cc3c(cc2C(=O)N2Cc4ccccc4C[C@H]2CN2CCCCC2)CN(C(=O)Cc2ccc(OCCN4CC(C)OC(C)C4)cc2)CC3)n1C. The zero-order chi connectivity index (χ0) is 54.1. The van der Waals surface area contributed by atoms with Crippen molar-refractivity contribution in [2.75, 3.05) is 57.3 Å². The normalized spacial score (nSPS) is 18.9. The summed E-state index contributed by atoms with van der Waals surface area (Å²) in [6, 6.07) is 30.7. The minimum Gasteiger partial charge on any atom is -0.508 e. The van der Waals surface area contributed by atoms with Crippen LogP contribution in [0.3, 0.4) is 0 Å². The van der Waals surface area contributed by atoms with E-state index in [0.29, 0.717) is 66.2 Å². The van der Waals surface area contributed by atoms with E-state index in [1.807, 2.05) is 69.9 Å².